The van der Waals surface area contributed by atoms with Crippen molar-refractivity contribution in [1.29, 1.82) is 0 Å². The number of β-lactam (4-membered cyclic amide) rings is 1. The average molecular weight is 571 g/mol. The Morgan fingerprint density at radius 3 is 1.95 bits per heavy atom. The monoisotopic (exact) mass is 570 g/mol. The maximum Gasteiger partial charge on any atom is 0.311 e. The van der Waals surface area contributed by atoms with E-state index in [1.807, 2.05) is 54.6 Å². The number of anilines is 1. The van der Waals surface area contributed by atoms with Crippen molar-refractivity contribution in [2.24, 2.45) is 0 Å². The molecule has 0 aliphatic carbocycles. The lowest BCUT2D eigenvalue weighted by molar-refractivity contribution is -0.385. The number of benzene rings is 4. The van der Waals surface area contributed by atoms with Crippen molar-refractivity contribution in [2.75, 3.05) is 33.3 Å². The third kappa shape index (κ3) is 5.26. The molecule has 0 spiro atoms. The van der Waals surface area contributed by atoms with Gasteiger partial charge in [0.15, 0.2) is 17.2 Å². The number of rotatable bonds is 11. The molecule has 1 saturated heterocycles. The highest BCUT2D eigenvalue weighted by Gasteiger charge is 2.50. The number of hydrogen-bond donors (Lipinski definition) is 0. The molecule has 0 saturated carbocycles. The summed E-state index contributed by atoms with van der Waals surface area (Å²) in [7, 11) is 5.86. The molecule has 2 atom stereocenters. The van der Waals surface area contributed by atoms with Gasteiger partial charge in [0.25, 0.3) is 0 Å². The second-order valence-electron chi connectivity index (χ2n) is 9.55. The molecule has 0 aromatic heterocycles. The summed E-state index contributed by atoms with van der Waals surface area (Å²) in [5.41, 5.74) is 2.67. The number of carbonyl (C=O) groups is 1. The van der Waals surface area contributed by atoms with E-state index in [1.165, 1.54) is 34.5 Å². The zero-order valence-corrected chi connectivity index (χ0v) is 23.6. The molecule has 1 amide bonds. The third-order valence-electron chi connectivity index (χ3n) is 7.25. The van der Waals surface area contributed by atoms with Crippen molar-refractivity contribution < 1.29 is 33.4 Å². The fraction of sp³-hybridized carbons (Fsp3) is 0.219. The lowest BCUT2D eigenvalue weighted by atomic mass is 9.77. The molecule has 0 N–H and O–H groups in total. The summed E-state index contributed by atoms with van der Waals surface area (Å²) < 4.78 is 27.6. The zero-order valence-electron chi connectivity index (χ0n) is 23.6. The highest BCUT2D eigenvalue weighted by atomic mass is 16.6. The smallest absolute Gasteiger partial charge is 0.311 e. The Hall–Kier alpha value is -5.25. The van der Waals surface area contributed by atoms with Crippen LogP contribution in [-0.4, -0.2) is 39.3 Å². The van der Waals surface area contributed by atoms with E-state index in [9.17, 15) is 14.9 Å². The van der Waals surface area contributed by atoms with Gasteiger partial charge in [-0.05, 0) is 34.9 Å². The normalized spacial score (nSPS) is 15.9. The van der Waals surface area contributed by atoms with Crippen LogP contribution < -0.4 is 28.6 Å². The van der Waals surface area contributed by atoms with Gasteiger partial charge in [-0.15, -0.1) is 0 Å². The molecule has 1 aliphatic heterocycles. The Kier molecular flexibility index (Phi) is 8.14. The van der Waals surface area contributed by atoms with E-state index in [-0.39, 0.29) is 17.3 Å². The first-order chi connectivity index (χ1) is 20.4. The Bertz CT molecular complexity index is 1570. The number of ether oxygens (including phenoxy) is 5. The predicted octanol–water partition coefficient (Wildman–Crippen LogP) is 6.08. The molecule has 5 rings (SSSR count). The van der Waals surface area contributed by atoms with Crippen molar-refractivity contribution in [3.05, 3.63) is 112 Å². The minimum atomic E-state index is -0.611. The zero-order chi connectivity index (χ0) is 29.8. The van der Waals surface area contributed by atoms with Crippen molar-refractivity contribution in [1.82, 2.24) is 0 Å². The highest BCUT2D eigenvalue weighted by molar-refractivity contribution is 6.07. The van der Waals surface area contributed by atoms with Crippen LogP contribution in [0.4, 0.5) is 11.4 Å². The topological polar surface area (TPSA) is 110 Å². The maximum absolute atomic E-state index is 13.9. The van der Waals surface area contributed by atoms with Crippen LogP contribution in [0.5, 0.6) is 28.7 Å². The van der Waals surface area contributed by atoms with E-state index in [0.717, 1.165) is 11.1 Å². The quantitative estimate of drug-likeness (QED) is 0.121. The van der Waals surface area contributed by atoms with Gasteiger partial charge in [-0.3, -0.25) is 14.9 Å². The number of nitrogens with zero attached hydrogens (tertiary/aromatic N) is 2. The van der Waals surface area contributed by atoms with Gasteiger partial charge in [0.1, 0.15) is 12.4 Å². The molecule has 1 heterocycles. The summed E-state index contributed by atoms with van der Waals surface area (Å²) in [5.74, 6) is 1.13. The van der Waals surface area contributed by atoms with Crippen LogP contribution in [-0.2, 0) is 11.4 Å². The molecule has 1 aliphatic rings. The summed E-state index contributed by atoms with van der Waals surface area (Å²) in [6.07, 6.45) is 0. The Balaban J connectivity index is 1.53. The standard InChI is InChI=1S/C32H30N2O8/c1-38-26-15-12-22(16-25(26)34(36)37)30-29(21-10-13-24(14-11-21)42-19-20-8-6-5-7-9-20)32(35)33(30)23-17-27(39-2)31(41-4)28(18-23)40-3/h5-18,29-30H,19H2,1-4H3/t29-,30-/m1/s1. The second-order valence-corrected chi connectivity index (χ2v) is 9.55. The number of nitro benzene ring substituents is 1. The van der Waals surface area contributed by atoms with E-state index in [2.05, 4.69) is 0 Å². The summed E-state index contributed by atoms with van der Waals surface area (Å²) >= 11 is 0. The molecule has 216 valence electrons. The van der Waals surface area contributed by atoms with Crippen LogP contribution in [0.2, 0.25) is 0 Å². The minimum absolute atomic E-state index is 0.130. The Labute approximate surface area is 243 Å². The summed E-state index contributed by atoms with van der Waals surface area (Å²) in [5, 5.41) is 11.9. The highest BCUT2D eigenvalue weighted by Crippen LogP contribution is 2.52. The molecule has 4 aromatic rings. The van der Waals surface area contributed by atoms with Crippen LogP contribution in [0.1, 0.15) is 28.7 Å². The molecule has 10 heteroatoms. The minimum Gasteiger partial charge on any atom is -0.493 e. The van der Waals surface area contributed by atoms with E-state index >= 15 is 0 Å². The van der Waals surface area contributed by atoms with Crippen molar-refractivity contribution in [2.45, 2.75) is 18.6 Å². The van der Waals surface area contributed by atoms with Gasteiger partial charge in [-0.25, -0.2) is 0 Å². The SMILES string of the molecule is COc1ccc([C@@H]2[C@@H](c3ccc(OCc4ccccc4)cc3)C(=O)N2c2cc(OC)c(OC)c(OC)c2)cc1[N+](=O)[O-]. The summed E-state index contributed by atoms with van der Waals surface area (Å²) in [4.78, 5) is 26.8. The van der Waals surface area contributed by atoms with Crippen LogP contribution in [0.15, 0.2) is 84.9 Å². The van der Waals surface area contributed by atoms with Crippen LogP contribution in [0.25, 0.3) is 0 Å². The molecule has 10 nitrogen and oxygen atoms in total. The van der Waals surface area contributed by atoms with Gasteiger partial charge in [-0.1, -0.05) is 48.5 Å². The van der Waals surface area contributed by atoms with Gasteiger partial charge in [0.2, 0.25) is 11.7 Å². The molecule has 0 bridgehead atoms. The van der Waals surface area contributed by atoms with Crippen LogP contribution in [0, 0.1) is 10.1 Å². The first kappa shape index (κ1) is 28.3. The van der Waals surface area contributed by atoms with Gasteiger partial charge in [-0.2, -0.15) is 0 Å². The van der Waals surface area contributed by atoms with Crippen LogP contribution in [0.3, 0.4) is 0 Å². The van der Waals surface area contributed by atoms with Crippen molar-refractivity contribution >= 4 is 17.3 Å². The first-order valence-corrected chi connectivity index (χ1v) is 13.1. The number of hydrogen-bond acceptors (Lipinski definition) is 8. The fourth-order valence-electron chi connectivity index (χ4n) is 5.20. The van der Waals surface area contributed by atoms with E-state index in [4.69, 9.17) is 23.7 Å². The Morgan fingerprint density at radius 2 is 1.38 bits per heavy atom. The molecule has 4 aromatic carbocycles. The van der Waals surface area contributed by atoms with Gasteiger partial charge in [0.05, 0.1) is 51.0 Å². The lowest BCUT2D eigenvalue weighted by Gasteiger charge is -2.47. The van der Waals surface area contributed by atoms with Crippen molar-refractivity contribution in [3.63, 3.8) is 0 Å². The van der Waals surface area contributed by atoms with Gasteiger partial charge in [0, 0.05) is 18.2 Å². The third-order valence-corrected chi connectivity index (χ3v) is 7.25. The number of nitro groups is 1. The van der Waals surface area contributed by atoms with Gasteiger partial charge < -0.3 is 28.6 Å². The first-order valence-electron chi connectivity index (χ1n) is 13.1. The molecule has 1 fully saturated rings. The number of amides is 1. The van der Waals surface area contributed by atoms with E-state index in [1.54, 1.807) is 29.2 Å². The number of methoxy groups -OCH3 is 4. The molecule has 0 radical (unpaired) electrons. The van der Waals surface area contributed by atoms with Gasteiger partial charge >= 0.3 is 5.69 Å². The van der Waals surface area contributed by atoms with E-state index < -0.39 is 16.9 Å². The predicted molar refractivity (Wildman–Crippen MR) is 156 cm³/mol. The maximum atomic E-state index is 13.9. The number of carbonyl (C=O) groups excluding carboxylic acids is 1. The fourth-order valence-corrected chi connectivity index (χ4v) is 5.20. The Morgan fingerprint density at radius 1 is 0.762 bits per heavy atom. The molecule has 0 unspecified atom stereocenters. The summed E-state index contributed by atoms with van der Waals surface area (Å²) in [6, 6.07) is 24.7. The largest absolute Gasteiger partial charge is 0.493 e. The lowest BCUT2D eigenvalue weighted by Crippen LogP contribution is -2.53. The van der Waals surface area contributed by atoms with Crippen molar-refractivity contribution in [3.8, 4) is 28.7 Å². The molecular weight excluding hydrogens is 540 g/mol. The average Bonchev–Trinajstić information content (AvgIpc) is 3.02. The summed E-state index contributed by atoms with van der Waals surface area (Å²) in [6.45, 7) is 0.412. The molecule has 42 heavy (non-hydrogen) atoms. The van der Waals surface area contributed by atoms with E-state index in [0.29, 0.717) is 40.9 Å². The molecular formula is C32H30N2O8. The van der Waals surface area contributed by atoms with Crippen LogP contribution >= 0.6 is 0 Å². The second kappa shape index (κ2) is 12.1.